The zero-order valence-electron chi connectivity index (χ0n) is 17.0. The molecule has 1 N–H and O–H groups in total. The van der Waals surface area contributed by atoms with Crippen LogP contribution >= 0.6 is 0 Å². The molecule has 0 amide bonds. The van der Waals surface area contributed by atoms with Gasteiger partial charge in [0.1, 0.15) is 5.75 Å². The number of ether oxygens (including phenoxy) is 1. The van der Waals surface area contributed by atoms with Gasteiger partial charge in [0, 0.05) is 25.1 Å². The van der Waals surface area contributed by atoms with Gasteiger partial charge in [0.2, 0.25) is 11.7 Å². The molecule has 152 valence electrons. The highest BCUT2D eigenvalue weighted by Crippen LogP contribution is 2.33. The van der Waals surface area contributed by atoms with Crippen LogP contribution in [0.2, 0.25) is 0 Å². The molecule has 7 heteroatoms. The Morgan fingerprint density at radius 3 is 2.70 bits per heavy atom. The van der Waals surface area contributed by atoms with Crippen molar-refractivity contribution >= 4 is 0 Å². The number of hydrogen-bond donors (Lipinski definition) is 1. The van der Waals surface area contributed by atoms with Crippen molar-refractivity contribution in [2.75, 3.05) is 7.11 Å². The number of fused-ring (bicyclic) bond motifs is 1. The van der Waals surface area contributed by atoms with Gasteiger partial charge in [-0.1, -0.05) is 35.0 Å². The van der Waals surface area contributed by atoms with Gasteiger partial charge in [0.25, 0.3) is 0 Å². The standard InChI is InChI=1S/C23H23N5O2/c1-15-3-5-16(6-4-15)12-28-13-20-19(24-14-25-20)11-21(28)23-26-22(27-30-23)17-7-9-18(29-2)10-8-17/h3-10,14,21H,11-13H2,1-2H3,(H,24,25)/t21-/m0/s1. The van der Waals surface area contributed by atoms with Gasteiger partial charge >= 0.3 is 0 Å². The van der Waals surface area contributed by atoms with E-state index in [-0.39, 0.29) is 6.04 Å². The van der Waals surface area contributed by atoms with E-state index in [9.17, 15) is 0 Å². The van der Waals surface area contributed by atoms with Crippen molar-refractivity contribution in [2.45, 2.75) is 32.5 Å². The van der Waals surface area contributed by atoms with E-state index in [0.29, 0.717) is 11.7 Å². The zero-order valence-corrected chi connectivity index (χ0v) is 17.0. The molecule has 5 rings (SSSR count). The summed E-state index contributed by atoms with van der Waals surface area (Å²) in [5, 5.41) is 4.23. The van der Waals surface area contributed by atoms with E-state index in [2.05, 4.69) is 51.2 Å². The van der Waals surface area contributed by atoms with Crippen LogP contribution in [0, 0.1) is 6.92 Å². The summed E-state index contributed by atoms with van der Waals surface area (Å²) in [6.45, 7) is 3.65. The Morgan fingerprint density at radius 1 is 1.13 bits per heavy atom. The number of rotatable bonds is 5. The molecule has 2 aromatic carbocycles. The minimum atomic E-state index is -0.0263. The lowest BCUT2D eigenvalue weighted by molar-refractivity contribution is 0.128. The van der Waals surface area contributed by atoms with Crippen LogP contribution in [0.15, 0.2) is 59.4 Å². The molecule has 3 heterocycles. The number of nitrogens with zero attached hydrogens (tertiary/aromatic N) is 4. The maximum absolute atomic E-state index is 5.72. The van der Waals surface area contributed by atoms with Crippen LogP contribution in [0.25, 0.3) is 11.4 Å². The quantitative estimate of drug-likeness (QED) is 0.543. The van der Waals surface area contributed by atoms with E-state index in [1.165, 1.54) is 11.1 Å². The Bertz CT molecular complexity index is 1130. The summed E-state index contributed by atoms with van der Waals surface area (Å²) in [5.41, 5.74) is 5.61. The van der Waals surface area contributed by atoms with Gasteiger partial charge in [-0.2, -0.15) is 4.98 Å². The maximum atomic E-state index is 5.72. The van der Waals surface area contributed by atoms with Crippen molar-refractivity contribution in [1.29, 1.82) is 0 Å². The Hall–Kier alpha value is -3.45. The number of benzene rings is 2. The third kappa shape index (κ3) is 3.59. The average Bonchev–Trinajstić information content (AvgIpc) is 3.44. The smallest absolute Gasteiger partial charge is 0.244 e. The van der Waals surface area contributed by atoms with E-state index in [4.69, 9.17) is 14.2 Å². The van der Waals surface area contributed by atoms with Gasteiger partial charge in [0.05, 0.1) is 30.9 Å². The largest absolute Gasteiger partial charge is 0.497 e. The molecule has 0 bridgehead atoms. The summed E-state index contributed by atoms with van der Waals surface area (Å²) in [4.78, 5) is 14.8. The van der Waals surface area contributed by atoms with Crippen molar-refractivity contribution in [1.82, 2.24) is 25.0 Å². The van der Waals surface area contributed by atoms with Crippen LogP contribution < -0.4 is 4.74 Å². The van der Waals surface area contributed by atoms with E-state index in [1.54, 1.807) is 13.4 Å². The summed E-state index contributed by atoms with van der Waals surface area (Å²) in [5.74, 6) is 1.99. The third-order valence-corrected chi connectivity index (χ3v) is 5.58. The molecule has 4 aromatic rings. The first-order chi connectivity index (χ1) is 14.7. The monoisotopic (exact) mass is 401 g/mol. The van der Waals surface area contributed by atoms with Crippen molar-refractivity contribution in [3.8, 4) is 17.1 Å². The number of aromatic amines is 1. The van der Waals surface area contributed by atoms with Crippen LogP contribution in [-0.4, -0.2) is 32.1 Å². The summed E-state index contributed by atoms with van der Waals surface area (Å²) < 4.78 is 10.9. The lowest BCUT2D eigenvalue weighted by atomic mass is 10.0. The number of imidazole rings is 1. The zero-order chi connectivity index (χ0) is 20.5. The van der Waals surface area contributed by atoms with Gasteiger partial charge in [-0.25, -0.2) is 4.98 Å². The maximum Gasteiger partial charge on any atom is 0.244 e. The number of nitrogens with one attached hydrogen (secondary N) is 1. The molecular weight excluding hydrogens is 378 g/mol. The molecular formula is C23H23N5O2. The fourth-order valence-electron chi connectivity index (χ4n) is 3.85. The summed E-state index contributed by atoms with van der Waals surface area (Å²) in [7, 11) is 1.65. The lowest BCUT2D eigenvalue weighted by Gasteiger charge is -2.32. The third-order valence-electron chi connectivity index (χ3n) is 5.58. The predicted molar refractivity (Wildman–Crippen MR) is 112 cm³/mol. The molecule has 2 aromatic heterocycles. The normalized spacial score (nSPS) is 16.4. The molecule has 0 spiro atoms. The van der Waals surface area contributed by atoms with Gasteiger partial charge in [-0.15, -0.1) is 0 Å². The van der Waals surface area contributed by atoms with Gasteiger partial charge in [0.15, 0.2) is 0 Å². The Morgan fingerprint density at radius 2 is 1.93 bits per heavy atom. The highest BCUT2D eigenvalue weighted by atomic mass is 16.5. The number of aryl methyl sites for hydroxylation is 1. The van der Waals surface area contributed by atoms with E-state index < -0.39 is 0 Å². The summed E-state index contributed by atoms with van der Waals surface area (Å²) in [6, 6.07) is 16.3. The molecule has 1 aliphatic rings. The number of hydrogen-bond acceptors (Lipinski definition) is 6. The number of aromatic nitrogens is 4. The molecule has 0 saturated heterocycles. The van der Waals surface area contributed by atoms with Crippen LogP contribution in [0.4, 0.5) is 0 Å². The van der Waals surface area contributed by atoms with Crippen LogP contribution in [0.1, 0.15) is 34.4 Å². The first kappa shape index (κ1) is 18.6. The van der Waals surface area contributed by atoms with Gasteiger partial charge in [-0.05, 0) is 36.8 Å². The minimum absolute atomic E-state index is 0.0263. The molecule has 1 aliphatic heterocycles. The fourth-order valence-corrected chi connectivity index (χ4v) is 3.85. The van der Waals surface area contributed by atoms with Crippen LogP contribution in [0.5, 0.6) is 5.75 Å². The predicted octanol–water partition coefficient (Wildman–Crippen LogP) is 4.08. The number of H-pyrrole nitrogens is 1. The van der Waals surface area contributed by atoms with E-state index in [1.807, 2.05) is 24.3 Å². The summed E-state index contributed by atoms with van der Waals surface area (Å²) in [6.07, 6.45) is 2.49. The van der Waals surface area contributed by atoms with Crippen LogP contribution in [0.3, 0.4) is 0 Å². The average molecular weight is 401 g/mol. The van der Waals surface area contributed by atoms with Crippen LogP contribution in [-0.2, 0) is 19.5 Å². The molecule has 0 aliphatic carbocycles. The lowest BCUT2D eigenvalue weighted by Crippen LogP contribution is -2.34. The second-order valence-electron chi connectivity index (χ2n) is 7.62. The first-order valence-electron chi connectivity index (χ1n) is 9.98. The topological polar surface area (TPSA) is 80.1 Å². The van der Waals surface area contributed by atoms with Crippen molar-refractivity contribution in [2.24, 2.45) is 0 Å². The van der Waals surface area contributed by atoms with E-state index in [0.717, 1.165) is 42.2 Å². The summed E-state index contributed by atoms with van der Waals surface area (Å²) >= 11 is 0. The second-order valence-corrected chi connectivity index (χ2v) is 7.62. The van der Waals surface area contributed by atoms with E-state index >= 15 is 0 Å². The highest BCUT2D eigenvalue weighted by Gasteiger charge is 2.33. The number of methoxy groups -OCH3 is 1. The molecule has 1 atom stereocenters. The van der Waals surface area contributed by atoms with Crippen molar-refractivity contribution < 1.29 is 9.26 Å². The first-order valence-corrected chi connectivity index (χ1v) is 9.98. The second kappa shape index (κ2) is 7.76. The van der Waals surface area contributed by atoms with Crippen molar-refractivity contribution in [3.05, 3.63) is 83.3 Å². The SMILES string of the molecule is COc1ccc(-c2noc([C@@H]3Cc4nc[nH]c4CN3Cc3ccc(C)cc3)n2)cc1. The molecule has 0 unspecified atom stereocenters. The Labute approximate surface area is 174 Å². The molecule has 7 nitrogen and oxygen atoms in total. The molecule has 30 heavy (non-hydrogen) atoms. The fraction of sp³-hybridized carbons (Fsp3) is 0.261. The highest BCUT2D eigenvalue weighted by molar-refractivity contribution is 5.55. The molecule has 0 fully saturated rings. The van der Waals surface area contributed by atoms with Gasteiger partial charge in [-0.3, -0.25) is 4.90 Å². The Kier molecular flexibility index (Phi) is 4.80. The Balaban J connectivity index is 1.44. The molecule has 0 radical (unpaired) electrons. The molecule has 0 saturated carbocycles. The minimum Gasteiger partial charge on any atom is -0.497 e. The van der Waals surface area contributed by atoms with Gasteiger partial charge < -0.3 is 14.2 Å². The van der Waals surface area contributed by atoms with Crippen molar-refractivity contribution in [3.63, 3.8) is 0 Å².